The molecule has 0 aliphatic rings. The predicted octanol–water partition coefficient (Wildman–Crippen LogP) is 4.45. The number of amides is 1. The quantitative estimate of drug-likeness (QED) is 0.484. The standard InChI is InChI=1S/C23H19ClFN5O/c1-30-8-7-21(29-30)16-10-19(22(26)27-13-16)15-5-6-18(20(25)11-15)23(31)28-12-14-3-2-4-17(24)9-14/h2-11,13H,12H2,1H3,(H2,26,27)(H,28,31). The highest BCUT2D eigenvalue weighted by molar-refractivity contribution is 6.30. The minimum absolute atomic E-state index is 0.0572. The number of nitrogens with zero attached hydrogens (tertiary/aromatic N) is 3. The SMILES string of the molecule is Cn1ccc(-c2cnc(N)c(-c3ccc(C(=O)NCc4cccc(Cl)c4)c(F)c3)c2)n1. The fourth-order valence-electron chi connectivity index (χ4n) is 3.21. The summed E-state index contributed by atoms with van der Waals surface area (Å²) >= 11 is 5.95. The normalized spacial score (nSPS) is 10.8. The first-order chi connectivity index (χ1) is 14.9. The van der Waals surface area contributed by atoms with Crippen LogP contribution in [0, 0.1) is 5.82 Å². The van der Waals surface area contributed by atoms with Crippen LogP contribution in [0.2, 0.25) is 5.02 Å². The molecule has 0 aliphatic carbocycles. The van der Waals surface area contributed by atoms with Crippen LogP contribution >= 0.6 is 11.6 Å². The zero-order valence-corrected chi connectivity index (χ0v) is 17.4. The van der Waals surface area contributed by atoms with Gasteiger partial charge >= 0.3 is 0 Å². The molecule has 4 aromatic rings. The molecule has 8 heteroatoms. The van der Waals surface area contributed by atoms with Gasteiger partial charge in [0, 0.05) is 42.1 Å². The molecule has 0 radical (unpaired) electrons. The van der Waals surface area contributed by atoms with Crippen molar-refractivity contribution in [1.29, 1.82) is 0 Å². The Labute approximate surface area is 183 Å². The second-order valence-corrected chi connectivity index (χ2v) is 7.48. The van der Waals surface area contributed by atoms with Gasteiger partial charge in [0.1, 0.15) is 11.6 Å². The van der Waals surface area contributed by atoms with Crippen molar-refractivity contribution in [2.45, 2.75) is 6.54 Å². The van der Waals surface area contributed by atoms with Crippen molar-refractivity contribution in [2.24, 2.45) is 7.05 Å². The monoisotopic (exact) mass is 435 g/mol. The molecular formula is C23H19ClFN5O. The number of nitrogens with two attached hydrogens (primary N) is 1. The third kappa shape index (κ3) is 4.57. The van der Waals surface area contributed by atoms with E-state index in [0.717, 1.165) is 16.8 Å². The average Bonchev–Trinajstić information content (AvgIpc) is 3.18. The lowest BCUT2D eigenvalue weighted by atomic mass is 10.0. The molecule has 0 bridgehead atoms. The Bertz CT molecular complexity index is 1270. The summed E-state index contributed by atoms with van der Waals surface area (Å²) in [6.45, 7) is 0.240. The van der Waals surface area contributed by atoms with Crippen LogP contribution in [0.15, 0.2) is 67.0 Å². The van der Waals surface area contributed by atoms with Crippen molar-refractivity contribution in [3.63, 3.8) is 0 Å². The number of hydrogen-bond acceptors (Lipinski definition) is 4. The van der Waals surface area contributed by atoms with Crippen molar-refractivity contribution in [2.75, 3.05) is 5.73 Å². The van der Waals surface area contributed by atoms with E-state index >= 15 is 0 Å². The molecule has 0 saturated carbocycles. The van der Waals surface area contributed by atoms with Crippen LogP contribution < -0.4 is 11.1 Å². The number of halogens is 2. The lowest BCUT2D eigenvalue weighted by Crippen LogP contribution is -2.23. The summed E-state index contributed by atoms with van der Waals surface area (Å²) in [6.07, 6.45) is 3.44. The maximum Gasteiger partial charge on any atom is 0.254 e. The van der Waals surface area contributed by atoms with E-state index in [1.165, 1.54) is 12.1 Å². The van der Waals surface area contributed by atoms with Gasteiger partial charge in [-0.1, -0.05) is 29.8 Å². The molecule has 0 unspecified atom stereocenters. The predicted molar refractivity (Wildman–Crippen MR) is 119 cm³/mol. The number of benzene rings is 2. The Balaban J connectivity index is 1.56. The zero-order valence-electron chi connectivity index (χ0n) is 16.6. The van der Waals surface area contributed by atoms with E-state index in [1.807, 2.05) is 25.4 Å². The number of rotatable bonds is 5. The van der Waals surface area contributed by atoms with E-state index in [1.54, 1.807) is 41.2 Å². The molecule has 6 nitrogen and oxygen atoms in total. The summed E-state index contributed by atoms with van der Waals surface area (Å²) in [6, 6.07) is 15.1. The van der Waals surface area contributed by atoms with Crippen molar-refractivity contribution in [3.05, 3.63) is 89.0 Å². The summed E-state index contributed by atoms with van der Waals surface area (Å²) in [5.41, 5.74) is 9.36. The molecule has 156 valence electrons. The fourth-order valence-corrected chi connectivity index (χ4v) is 3.42. The van der Waals surface area contributed by atoms with Crippen molar-refractivity contribution >= 4 is 23.3 Å². The Kier molecular flexibility index (Phi) is 5.68. The molecule has 2 heterocycles. The third-order valence-corrected chi connectivity index (χ3v) is 5.03. The molecule has 0 saturated heterocycles. The van der Waals surface area contributed by atoms with Crippen LogP contribution in [0.3, 0.4) is 0 Å². The topological polar surface area (TPSA) is 85.8 Å². The van der Waals surface area contributed by atoms with E-state index in [0.29, 0.717) is 16.1 Å². The van der Waals surface area contributed by atoms with Gasteiger partial charge in [-0.2, -0.15) is 5.10 Å². The summed E-state index contributed by atoms with van der Waals surface area (Å²) < 4.78 is 16.5. The minimum Gasteiger partial charge on any atom is -0.383 e. The smallest absolute Gasteiger partial charge is 0.254 e. The second kappa shape index (κ2) is 8.57. The molecule has 0 atom stereocenters. The lowest BCUT2D eigenvalue weighted by molar-refractivity contribution is 0.0947. The maximum absolute atomic E-state index is 14.8. The first-order valence-corrected chi connectivity index (χ1v) is 9.86. The van der Waals surface area contributed by atoms with Crippen molar-refractivity contribution < 1.29 is 9.18 Å². The molecule has 1 amide bonds. The highest BCUT2D eigenvalue weighted by Gasteiger charge is 2.15. The van der Waals surface area contributed by atoms with Crippen LogP contribution in [0.5, 0.6) is 0 Å². The molecule has 4 rings (SSSR count). The number of carbonyl (C=O) groups excluding carboxylic acids is 1. The van der Waals surface area contributed by atoms with Crippen LogP contribution in [0.4, 0.5) is 10.2 Å². The first kappa shape index (κ1) is 20.6. The van der Waals surface area contributed by atoms with Gasteiger partial charge in [0.15, 0.2) is 0 Å². The van der Waals surface area contributed by atoms with Crippen LogP contribution in [0.25, 0.3) is 22.4 Å². The molecule has 0 aliphatic heterocycles. The molecule has 0 spiro atoms. The number of nitrogen functional groups attached to an aromatic ring is 1. The highest BCUT2D eigenvalue weighted by atomic mass is 35.5. The van der Waals surface area contributed by atoms with E-state index in [9.17, 15) is 9.18 Å². The lowest BCUT2D eigenvalue weighted by Gasteiger charge is -2.10. The van der Waals surface area contributed by atoms with E-state index in [4.69, 9.17) is 17.3 Å². The molecular weight excluding hydrogens is 417 g/mol. The summed E-state index contributed by atoms with van der Waals surface area (Å²) in [7, 11) is 1.82. The number of hydrogen-bond donors (Lipinski definition) is 2. The maximum atomic E-state index is 14.8. The zero-order chi connectivity index (χ0) is 22.0. The molecule has 2 aromatic carbocycles. The van der Waals surface area contributed by atoms with Gasteiger partial charge in [-0.25, -0.2) is 9.37 Å². The summed E-state index contributed by atoms with van der Waals surface area (Å²) in [4.78, 5) is 16.7. The fraction of sp³-hybridized carbons (Fsp3) is 0.0870. The van der Waals surface area contributed by atoms with Crippen molar-refractivity contribution in [3.8, 4) is 22.4 Å². The Hall–Kier alpha value is -3.71. The number of aromatic nitrogens is 3. The number of carbonyl (C=O) groups is 1. The largest absolute Gasteiger partial charge is 0.383 e. The first-order valence-electron chi connectivity index (χ1n) is 9.49. The number of pyridine rings is 1. The number of anilines is 1. The molecule has 31 heavy (non-hydrogen) atoms. The Morgan fingerprint density at radius 2 is 2.00 bits per heavy atom. The molecule has 2 aromatic heterocycles. The highest BCUT2D eigenvalue weighted by Crippen LogP contribution is 2.30. The van der Waals surface area contributed by atoms with Gasteiger partial charge in [0.25, 0.3) is 5.91 Å². The van der Waals surface area contributed by atoms with Gasteiger partial charge in [0.05, 0.1) is 11.3 Å². The summed E-state index contributed by atoms with van der Waals surface area (Å²) in [5, 5.41) is 7.62. The van der Waals surface area contributed by atoms with Gasteiger partial charge < -0.3 is 11.1 Å². The number of aryl methyl sites for hydroxylation is 1. The Morgan fingerprint density at radius 3 is 2.71 bits per heavy atom. The Morgan fingerprint density at radius 1 is 1.16 bits per heavy atom. The molecule has 0 fully saturated rings. The minimum atomic E-state index is -0.649. The van der Waals surface area contributed by atoms with E-state index in [-0.39, 0.29) is 17.9 Å². The molecule has 3 N–H and O–H groups in total. The van der Waals surface area contributed by atoms with Gasteiger partial charge in [-0.3, -0.25) is 9.48 Å². The van der Waals surface area contributed by atoms with Crippen molar-refractivity contribution in [1.82, 2.24) is 20.1 Å². The van der Waals surface area contributed by atoms with Crippen LogP contribution in [-0.4, -0.2) is 20.7 Å². The van der Waals surface area contributed by atoms with Gasteiger partial charge in [0.2, 0.25) is 0 Å². The summed E-state index contributed by atoms with van der Waals surface area (Å²) in [5.74, 6) is -0.904. The van der Waals surface area contributed by atoms with Crippen LogP contribution in [-0.2, 0) is 13.6 Å². The van der Waals surface area contributed by atoms with Gasteiger partial charge in [-0.05, 0) is 47.5 Å². The third-order valence-electron chi connectivity index (χ3n) is 4.79. The second-order valence-electron chi connectivity index (χ2n) is 7.04. The van der Waals surface area contributed by atoms with E-state index in [2.05, 4.69) is 15.4 Å². The van der Waals surface area contributed by atoms with E-state index < -0.39 is 11.7 Å². The average molecular weight is 436 g/mol. The van der Waals surface area contributed by atoms with Gasteiger partial charge in [-0.15, -0.1) is 0 Å². The number of nitrogens with one attached hydrogen (secondary N) is 1. The van der Waals surface area contributed by atoms with Crippen LogP contribution in [0.1, 0.15) is 15.9 Å².